The zero-order valence-electron chi connectivity index (χ0n) is 11.9. The molecule has 112 valence electrons. The second-order valence-electron chi connectivity index (χ2n) is 5.35. The van der Waals surface area contributed by atoms with Crippen molar-refractivity contribution < 1.29 is 4.79 Å². The molecular weight excluding hydrogens is 300 g/mol. The van der Waals surface area contributed by atoms with Gasteiger partial charge >= 0.3 is 0 Å². The van der Waals surface area contributed by atoms with Gasteiger partial charge in [0.2, 0.25) is 0 Å². The van der Waals surface area contributed by atoms with E-state index in [1.165, 1.54) is 11.3 Å². The number of nitrogens with zero attached hydrogens (tertiary/aromatic N) is 4. The van der Waals surface area contributed by atoms with Gasteiger partial charge in [-0.2, -0.15) is 10.2 Å². The molecule has 0 saturated heterocycles. The summed E-state index contributed by atoms with van der Waals surface area (Å²) < 4.78 is 1.74. The molecule has 3 aromatic heterocycles. The van der Waals surface area contributed by atoms with Crippen LogP contribution < -0.4 is 5.32 Å². The number of anilines is 1. The second-order valence-corrected chi connectivity index (χ2v) is 6.21. The molecule has 0 bridgehead atoms. The lowest BCUT2D eigenvalue weighted by Crippen LogP contribution is -2.13. The summed E-state index contributed by atoms with van der Waals surface area (Å²) in [6.45, 7) is 0. The number of amides is 1. The van der Waals surface area contributed by atoms with Gasteiger partial charge in [0.05, 0.1) is 17.6 Å². The van der Waals surface area contributed by atoms with Crippen LogP contribution in [0.25, 0.3) is 10.6 Å². The standard InChI is InChI=1S/C14H14N6OS/c1-20-6-10(12(19-20)8-2-3-8)17-13(21)11-7-22-14(18-11)9-4-15-16-5-9/h4-8H,2-3H2,1H3,(H,15,16)(H,17,21). The number of hydrogen-bond acceptors (Lipinski definition) is 5. The van der Waals surface area contributed by atoms with Crippen molar-refractivity contribution in [3.63, 3.8) is 0 Å². The molecule has 1 aliphatic rings. The number of H-pyrrole nitrogens is 1. The Hall–Kier alpha value is -2.48. The van der Waals surface area contributed by atoms with Gasteiger partial charge in [-0.25, -0.2) is 4.98 Å². The SMILES string of the molecule is Cn1cc(NC(=O)c2csc(-c3cn[nH]c3)n2)c(C2CC2)n1. The van der Waals surface area contributed by atoms with Crippen molar-refractivity contribution in [2.24, 2.45) is 7.05 Å². The molecule has 4 rings (SSSR count). The zero-order chi connectivity index (χ0) is 15.1. The summed E-state index contributed by atoms with van der Waals surface area (Å²) >= 11 is 1.42. The lowest BCUT2D eigenvalue weighted by atomic mass is 10.2. The van der Waals surface area contributed by atoms with Crippen molar-refractivity contribution in [1.29, 1.82) is 0 Å². The van der Waals surface area contributed by atoms with Gasteiger partial charge in [0.25, 0.3) is 5.91 Å². The molecule has 7 nitrogen and oxygen atoms in total. The minimum absolute atomic E-state index is 0.208. The van der Waals surface area contributed by atoms with Crippen LogP contribution >= 0.6 is 11.3 Å². The first-order valence-electron chi connectivity index (χ1n) is 7.00. The average molecular weight is 314 g/mol. The van der Waals surface area contributed by atoms with Gasteiger partial charge in [-0.3, -0.25) is 14.6 Å². The molecule has 8 heteroatoms. The van der Waals surface area contributed by atoms with Crippen molar-refractivity contribution >= 4 is 22.9 Å². The van der Waals surface area contributed by atoms with E-state index in [0.717, 1.165) is 34.8 Å². The Kier molecular flexibility index (Phi) is 3.04. The fourth-order valence-electron chi connectivity index (χ4n) is 2.33. The normalized spacial score (nSPS) is 14.2. The predicted molar refractivity (Wildman–Crippen MR) is 82.8 cm³/mol. The third-order valence-electron chi connectivity index (χ3n) is 3.55. The van der Waals surface area contributed by atoms with Crippen LogP contribution in [0.3, 0.4) is 0 Å². The number of rotatable bonds is 4. The van der Waals surface area contributed by atoms with E-state index < -0.39 is 0 Å². The van der Waals surface area contributed by atoms with E-state index in [1.807, 2.05) is 13.2 Å². The van der Waals surface area contributed by atoms with Crippen molar-refractivity contribution in [1.82, 2.24) is 25.0 Å². The molecule has 3 aromatic rings. The number of aryl methyl sites for hydroxylation is 1. The molecule has 1 saturated carbocycles. The first-order valence-corrected chi connectivity index (χ1v) is 7.88. The summed E-state index contributed by atoms with van der Waals surface area (Å²) in [6, 6.07) is 0. The molecule has 0 unspecified atom stereocenters. The highest BCUT2D eigenvalue weighted by molar-refractivity contribution is 7.13. The number of thiazole rings is 1. The van der Waals surface area contributed by atoms with E-state index in [-0.39, 0.29) is 5.91 Å². The van der Waals surface area contributed by atoms with Crippen molar-refractivity contribution in [2.45, 2.75) is 18.8 Å². The largest absolute Gasteiger partial charge is 0.318 e. The first-order chi connectivity index (χ1) is 10.7. The Morgan fingerprint density at radius 1 is 1.50 bits per heavy atom. The summed E-state index contributed by atoms with van der Waals surface area (Å²) in [7, 11) is 1.86. The van der Waals surface area contributed by atoms with Gasteiger partial charge in [-0.05, 0) is 12.8 Å². The second kappa shape index (κ2) is 5.06. The molecule has 0 atom stereocenters. The van der Waals surface area contributed by atoms with E-state index in [0.29, 0.717) is 11.6 Å². The van der Waals surface area contributed by atoms with E-state index in [9.17, 15) is 4.79 Å². The van der Waals surface area contributed by atoms with Gasteiger partial charge < -0.3 is 5.32 Å². The number of hydrogen-bond donors (Lipinski definition) is 2. The molecule has 0 spiro atoms. The number of carbonyl (C=O) groups excluding carboxylic acids is 1. The maximum Gasteiger partial charge on any atom is 0.275 e. The Morgan fingerprint density at radius 3 is 3.09 bits per heavy atom. The van der Waals surface area contributed by atoms with Crippen LogP contribution in [-0.2, 0) is 7.05 Å². The van der Waals surface area contributed by atoms with Crippen molar-refractivity contribution in [3.05, 3.63) is 35.4 Å². The highest BCUT2D eigenvalue weighted by Gasteiger charge is 2.30. The van der Waals surface area contributed by atoms with E-state index in [2.05, 4.69) is 25.6 Å². The quantitative estimate of drug-likeness (QED) is 0.774. The third kappa shape index (κ3) is 2.41. The number of aromatic nitrogens is 5. The molecule has 1 amide bonds. The molecule has 0 aliphatic heterocycles. The van der Waals surface area contributed by atoms with E-state index >= 15 is 0 Å². The molecule has 1 aliphatic carbocycles. The highest BCUT2D eigenvalue weighted by atomic mass is 32.1. The average Bonchev–Trinajstić information content (AvgIpc) is 2.95. The predicted octanol–water partition coefficient (Wildman–Crippen LogP) is 2.40. The summed E-state index contributed by atoms with van der Waals surface area (Å²) in [5.41, 5.74) is 3.05. The Bertz CT molecular complexity index is 814. The molecule has 0 radical (unpaired) electrons. The number of aromatic amines is 1. The summed E-state index contributed by atoms with van der Waals surface area (Å²) in [4.78, 5) is 16.7. The molecule has 0 aromatic carbocycles. The van der Waals surface area contributed by atoms with Gasteiger partial charge in [0, 0.05) is 36.3 Å². The summed E-state index contributed by atoms with van der Waals surface area (Å²) in [5.74, 6) is 0.273. The van der Waals surface area contributed by atoms with Crippen LogP contribution in [0.1, 0.15) is 34.9 Å². The fraction of sp³-hybridized carbons (Fsp3) is 0.286. The highest BCUT2D eigenvalue weighted by Crippen LogP contribution is 2.42. The fourth-order valence-corrected chi connectivity index (χ4v) is 3.11. The smallest absolute Gasteiger partial charge is 0.275 e. The maximum absolute atomic E-state index is 12.4. The van der Waals surface area contributed by atoms with E-state index in [1.54, 1.807) is 22.5 Å². The number of nitrogens with one attached hydrogen (secondary N) is 2. The first kappa shape index (κ1) is 13.2. The van der Waals surface area contributed by atoms with Gasteiger partial charge in [-0.1, -0.05) is 0 Å². The zero-order valence-corrected chi connectivity index (χ0v) is 12.7. The van der Waals surface area contributed by atoms with Crippen LogP contribution in [0.15, 0.2) is 24.0 Å². The van der Waals surface area contributed by atoms with Crippen LogP contribution in [0.2, 0.25) is 0 Å². The van der Waals surface area contributed by atoms with Gasteiger partial charge in [0.1, 0.15) is 10.7 Å². The molecular formula is C14H14N6OS. The lowest BCUT2D eigenvalue weighted by Gasteiger charge is -2.02. The molecule has 22 heavy (non-hydrogen) atoms. The number of carbonyl (C=O) groups is 1. The molecule has 2 N–H and O–H groups in total. The van der Waals surface area contributed by atoms with Crippen LogP contribution in [0.5, 0.6) is 0 Å². The minimum Gasteiger partial charge on any atom is -0.318 e. The van der Waals surface area contributed by atoms with Gasteiger partial charge in [-0.15, -0.1) is 11.3 Å². The molecule has 3 heterocycles. The van der Waals surface area contributed by atoms with Crippen LogP contribution in [0.4, 0.5) is 5.69 Å². The summed E-state index contributed by atoms with van der Waals surface area (Å²) in [5, 5.41) is 16.5. The lowest BCUT2D eigenvalue weighted by molar-refractivity contribution is 0.102. The minimum atomic E-state index is -0.208. The van der Waals surface area contributed by atoms with Crippen LogP contribution in [0, 0.1) is 0 Å². The molecule has 1 fully saturated rings. The van der Waals surface area contributed by atoms with Crippen molar-refractivity contribution in [3.8, 4) is 10.6 Å². The summed E-state index contributed by atoms with van der Waals surface area (Å²) in [6.07, 6.45) is 7.57. The van der Waals surface area contributed by atoms with Crippen molar-refractivity contribution in [2.75, 3.05) is 5.32 Å². The topological polar surface area (TPSA) is 88.5 Å². The van der Waals surface area contributed by atoms with E-state index in [4.69, 9.17) is 0 Å². The monoisotopic (exact) mass is 314 g/mol. The third-order valence-corrected chi connectivity index (χ3v) is 4.44. The maximum atomic E-state index is 12.4. The Labute approximate surface area is 130 Å². The Morgan fingerprint density at radius 2 is 2.36 bits per heavy atom. The Balaban J connectivity index is 1.55. The van der Waals surface area contributed by atoms with Gasteiger partial charge in [0.15, 0.2) is 0 Å². The van der Waals surface area contributed by atoms with Crippen LogP contribution in [-0.4, -0.2) is 30.9 Å².